The SMILES string of the molecule is O=C(CCc1ccccc1F)N1CCC2(CC1)[C@H](O)C[C@@H]2OCCO. The van der Waals surface area contributed by atoms with E-state index in [1.54, 1.807) is 23.1 Å². The van der Waals surface area contributed by atoms with Crippen LogP contribution in [-0.2, 0) is 16.0 Å². The van der Waals surface area contributed by atoms with Crippen LogP contribution in [0.15, 0.2) is 24.3 Å². The van der Waals surface area contributed by atoms with Crippen LogP contribution in [0.3, 0.4) is 0 Å². The van der Waals surface area contributed by atoms with Gasteiger partial charge in [-0.1, -0.05) is 18.2 Å². The highest BCUT2D eigenvalue weighted by atomic mass is 19.1. The summed E-state index contributed by atoms with van der Waals surface area (Å²) in [7, 11) is 0. The van der Waals surface area contributed by atoms with Gasteiger partial charge >= 0.3 is 0 Å². The van der Waals surface area contributed by atoms with Crippen LogP contribution in [0.2, 0.25) is 0 Å². The van der Waals surface area contributed by atoms with Crippen molar-refractivity contribution in [3.05, 3.63) is 35.6 Å². The minimum atomic E-state index is -0.396. The van der Waals surface area contributed by atoms with Gasteiger partial charge in [-0.05, 0) is 30.9 Å². The van der Waals surface area contributed by atoms with Gasteiger partial charge in [0.1, 0.15) is 5.82 Å². The molecule has 0 bridgehead atoms. The number of amides is 1. The Labute approximate surface area is 147 Å². The Kier molecular flexibility index (Phi) is 5.71. The van der Waals surface area contributed by atoms with E-state index in [0.717, 1.165) is 0 Å². The molecule has 2 aliphatic rings. The van der Waals surface area contributed by atoms with Gasteiger partial charge in [0.25, 0.3) is 0 Å². The summed E-state index contributed by atoms with van der Waals surface area (Å²) >= 11 is 0. The van der Waals surface area contributed by atoms with E-state index in [-0.39, 0.29) is 36.5 Å². The Hall–Kier alpha value is -1.50. The first-order chi connectivity index (χ1) is 12.1. The second-order valence-electron chi connectivity index (χ2n) is 7.04. The molecule has 5 nitrogen and oxygen atoms in total. The highest BCUT2D eigenvalue weighted by molar-refractivity contribution is 5.76. The van der Waals surface area contributed by atoms with E-state index in [2.05, 4.69) is 0 Å². The van der Waals surface area contributed by atoms with Crippen molar-refractivity contribution in [2.75, 3.05) is 26.3 Å². The molecule has 6 heteroatoms. The van der Waals surface area contributed by atoms with E-state index in [9.17, 15) is 14.3 Å². The first-order valence-electron chi connectivity index (χ1n) is 8.98. The fourth-order valence-electron chi connectivity index (χ4n) is 4.08. The van der Waals surface area contributed by atoms with Gasteiger partial charge in [-0.15, -0.1) is 0 Å². The molecule has 0 unspecified atom stereocenters. The van der Waals surface area contributed by atoms with Gasteiger partial charge in [-0.25, -0.2) is 4.39 Å². The zero-order valence-electron chi connectivity index (χ0n) is 14.4. The summed E-state index contributed by atoms with van der Waals surface area (Å²) in [5.41, 5.74) is 0.286. The van der Waals surface area contributed by atoms with Crippen molar-refractivity contribution in [1.82, 2.24) is 4.90 Å². The van der Waals surface area contributed by atoms with E-state index in [4.69, 9.17) is 9.84 Å². The van der Waals surface area contributed by atoms with Gasteiger partial charge in [0.15, 0.2) is 0 Å². The molecule has 1 amide bonds. The molecule has 0 aromatic heterocycles. The number of hydrogen-bond acceptors (Lipinski definition) is 4. The largest absolute Gasteiger partial charge is 0.394 e. The Bertz CT molecular complexity index is 601. The second kappa shape index (κ2) is 7.81. The van der Waals surface area contributed by atoms with Crippen LogP contribution in [-0.4, -0.2) is 59.5 Å². The number of aryl methyl sites for hydroxylation is 1. The molecule has 1 aromatic carbocycles. The Morgan fingerprint density at radius 1 is 1.32 bits per heavy atom. The number of carbonyl (C=O) groups is 1. The molecule has 3 rings (SSSR count). The summed E-state index contributed by atoms with van der Waals surface area (Å²) in [5, 5.41) is 19.1. The molecule has 1 aliphatic heterocycles. The normalized spacial score (nSPS) is 25.0. The zero-order chi connectivity index (χ0) is 17.9. The maximum atomic E-state index is 13.6. The average molecular weight is 351 g/mol. The molecule has 1 spiro atoms. The third kappa shape index (κ3) is 3.71. The molecule has 1 aliphatic carbocycles. The van der Waals surface area contributed by atoms with Crippen LogP contribution in [0.5, 0.6) is 0 Å². The van der Waals surface area contributed by atoms with Crippen LogP contribution in [0.25, 0.3) is 0 Å². The molecular formula is C19H26FNO4. The predicted octanol–water partition coefficient (Wildman–Crippen LogP) is 1.51. The molecule has 25 heavy (non-hydrogen) atoms. The van der Waals surface area contributed by atoms with Crippen molar-refractivity contribution in [1.29, 1.82) is 0 Å². The number of benzene rings is 1. The third-order valence-electron chi connectivity index (χ3n) is 5.77. The monoisotopic (exact) mass is 351 g/mol. The van der Waals surface area contributed by atoms with E-state index in [1.807, 2.05) is 0 Å². The lowest BCUT2D eigenvalue weighted by molar-refractivity contribution is -0.213. The lowest BCUT2D eigenvalue weighted by Gasteiger charge is -2.56. The fourth-order valence-corrected chi connectivity index (χ4v) is 4.08. The lowest BCUT2D eigenvalue weighted by Crippen LogP contribution is -2.62. The Morgan fingerprint density at radius 3 is 2.68 bits per heavy atom. The van der Waals surface area contributed by atoms with E-state index >= 15 is 0 Å². The topological polar surface area (TPSA) is 70.0 Å². The number of likely N-dealkylation sites (tertiary alicyclic amines) is 1. The summed E-state index contributed by atoms with van der Waals surface area (Å²) in [5.74, 6) is -0.242. The average Bonchev–Trinajstić information content (AvgIpc) is 2.64. The highest BCUT2D eigenvalue weighted by Crippen LogP contribution is 2.50. The second-order valence-corrected chi connectivity index (χ2v) is 7.04. The van der Waals surface area contributed by atoms with Crippen molar-refractivity contribution in [3.8, 4) is 0 Å². The molecule has 0 radical (unpaired) electrons. The fraction of sp³-hybridized carbons (Fsp3) is 0.632. The van der Waals surface area contributed by atoms with Crippen LogP contribution in [0, 0.1) is 11.2 Å². The molecule has 2 atom stereocenters. The van der Waals surface area contributed by atoms with Crippen LogP contribution >= 0.6 is 0 Å². The van der Waals surface area contributed by atoms with Gasteiger partial charge in [0, 0.05) is 31.3 Å². The molecule has 138 valence electrons. The highest BCUT2D eigenvalue weighted by Gasteiger charge is 2.56. The quantitative estimate of drug-likeness (QED) is 0.815. The van der Waals surface area contributed by atoms with Gasteiger partial charge < -0.3 is 19.8 Å². The Balaban J connectivity index is 1.50. The van der Waals surface area contributed by atoms with E-state index < -0.39 is 6.10 Å². The molecule has 2 fully saturated rings. The number of nitrogens with zero attached hydrogens (tertiary/aromatic N) is 1. The van der Waals surface area contributed by atoms with Gasteiger partial charge in [-0.2, -0.15) is 0 Å². The van der Waals surface area contributed by atoms with Crippen molar-refractivity contribution >= 4 is 5.91 Å². The number of piperidine rings is 1. The summed E-state index contributed by atoms with van der Waals surface area (Å²) in [4.78, 5) is 14.2. The molecule has 1 saturated carbocycles. The first-order valence-corrected chi connectivity index (χ1v) is 8.98. The number of hydrogen-bond donors (Lipinski definition) is 2. The smallest absolute Gasteiger partial charge is 0.222 e. The number of carbonyl (C=O) groups excluding carboxylic acids is 1. The summed E-state index contributed by atoms with van der Waals surface area (Å²) in [6, 6.07) is 6.54. The van der Waals surface area contributed by atoms with Crippen molar-refractivity contribution in [2.45, 2.75) is 44.3 Å². The first kappa shape index (κ1) is 18.3. The lowest BCUT2D eigenvalue weighted by atomic mass is 9.58. The molecule has 1 saturated heterocycles. The summed E-state index contributed by atoms with van der Waals surface area (Å²) in [6.07, 6.45) is 2.27. The van der Waals surface area contributed by atoms with E-state index in [0.29, 0.717) is 50.8 Å². The molecule has 2 N–H and O–H groups in total. The zero-order valence-corrected chi connectivity index (χ0v) is 14.4. The van der Waals surface area contributed by atoms with Crippen LogP contribution in [0.4, 0.5) is 4.39 Å². The van der Waals surface area contributed by atoms with Gasteiger partial charge in [0.05, 0.1) is 25.4 Å². The number of halogens is 1. The van der Waals surface area contributed by atoms with Crippen molar-refractivity contribution < 1.29 is 24.1 Å². The summed E-state index contributed by atoms with van der Waals surface area (Å²) in [6.45, 7) is 1.44. The number of aliphatic hydroxyl groups is 2. The number of ether oxygens (including phenoxy) is 1. The molecule has 1 heterocycles. The number of rotatable bonds is 6. The van der Waals surface area contributed by atoms with Gasteiger partial charge in [-0.3, -0.25) is 4.79 Å². The Morgan fingerprint density at radius 2 is 2.04 bits per heavy atom. The third-order valence-corrected chi connectivity index (χ3v) is 5.77. The number of aliphatic hydroxyl groups excluding tert-OH is 2. The summed E-state index contributed by atoms with van der Waals surface area (Å²) < 4.78 is 19.3. The predicted molar refractivity (Wildman–Crippen MR) is 90.4 cm³/mol. The maximum absolute atomic E-state index is 13.6. The van der Waals surface area contributed by atoms with Crippen LogP contribution in [0.1, 0.15) is 31.2 Å². The minimum absolute atomic E-state index is 0.0245. The standard InChI is InChI=1S/C19H26FNO4/c20-15-4-2-1-3-14(15)5-6-18(24)21-9-7-19(8-10-21)16(23)13-17(19)25-12-11-22/h1-4,16-17,22-23H,5-13H2/t16-,17+/m1/s1. The molecular weight excluding hydrogens is 325 g/mol. The molecule has 1 aromatic rings. The van der Waals surface area contributed by atoms with Crippen molar-refractivity contribution in [2.24, 2.45) is 5.41 Å². The van der Waals surface area contributed by atoms with Crippen molar-refractivity contribution in [3.63, 3.8) is 0 Å². The van der Waals surface area contributed by atoms with Gasteiger partial charge in [0.2, 0.25) is 5.91 Å². The van der Waals surface area contributed by atoms with E-state index in [1.165, 1.54) is 6.07 Å². The maximum Gasteiger partial charge on any atom is 0.222 e. The van der Waals surface area contributed by atoms with Crippen LogP contribution < -0.4 is 0 Å². The minimum Gasteiger partial charge on any atom is -0.394 e.